The lowest BCUT2D eigenvalue weighted by atomic mass is 10.2. The fourth-order valence-corrected chi connectivity index (χ4v) is 2.67. The Morgan fingerprint density at radius 3 is 3.16 bits per heavy atom. The van der Waals surface area contributed by atoms with Crippen LogP contribution in [0.25, 0.3) is 10.9 Å². The number of carboxylic acid groups (broad SMARTS) is 1. The molecule has 1 saturated heterocycles. The first kappa shape index (κ1) is 12.0. The predicted octanol–water partition coefficient (Wildman–Crippen LogP) is 2.32. The van der Waals surface area contributed by atoms with Crippen LogP contribution in [0.1, 0.15) is 12.8 Å². The van der Waals surface area contributed by atoms with Gasteiger partial charge in [0.15, 0.2) is 0 Å². The summed E-state index contributed by atoms with van der Waals surface area (Å²) >= 11 is 0. The van der Waals surface area contributed by atoms with Gasteiger partial charge in [-0.25, -0.2) is 9.18 Å². The average Bonchev–Trinajstić information content (AvgIpc) is 2.97. The van der Waals surface area contributed by atoms with Crippen LogP contribution in [0, 0.1) is 5.82 Å². The third-order valence-corrected chi connectivity index (χ3v) is 3.61. The third kappa shape index (κ3) is 2.14. The maximum atomic E-state index is 13.3. The van der Waals surface area contributed by atoms with Crippen LogP contribution < -0.4 is 0 Å². The second-order valence-electron chi connectivity index (χ2n) is 4.80. The van der Waals surface area contributed by atoms with E-state index in [9.17, 15) is 9.18 Å². The van der Waals surface area contributed by atoms with Crippen molar-refractivity contribution in [3.05, 3.63) is 30.2 Å². The number of hydrogen-bond acceptors (Lipinski definition) is 2. The van der Waals surface area contributed by atoms with E-state index >= 15 is 0 Å². The van der Waals surface area contributed by atoms with Gasteiger partial charge in [-0.2, -0.15) is 5.10 Å². The van der Waals surface area contributed by atoms with E-state index in [4.69, 9.17) is 5.11 Å². The average molecular weight is 263 g/mol. The molecule has 6 heteroatoms. The Labute approximate surface area is 109 Å². The first-order valence-corrected chi connectivity index (χ1v) is 6.26. The summed E-state index contributed by atoms with van der Waals surface area (Å²) in [6.07, 6.45) is 2.47. The molecule has 2 heterocycles. The Kier molecular flexibility index (Phi) is 2.85. The Bertz CT molecular complexity index is 625. The number of rotatable bonds is 2. The highest BCUT2D eigenvalue weighted by atomic mass is 19.1. The van der Waals surface area contributed by atoms with Crippen molar-refractivity contribution in [1.82, 2.24) is 14.7 Å². The van der Waals surface area contributed by atoms with Crippen LogP contribution >= 0.6 is 0 Å². The number of nitrogens with zero attached hydrogens (tertiary/aromatic N) is 3. The molecule has 1 aliphatic rings. The van der Waals surface area contributed by atoms with Crippen molar-refractivity contribution in [2.45, 2.75) is 25.4 Å². The number of carbonyl (C=O) groups is 1. The number of amides is 1. The molecule has 0 bridgehead atoms. The largest absolute Gasteiger partial charge is 0.465 e. The monoisotopic (exact) mass is 263 g/mol. The molecule has 1 fully saturated rings. The van der Waals surface area contributed by atoms with E-state index in [1.165, 1.54) is 17.0 Å². The van der Waals surface area contributed by atoms with Gasteiger partial charge >= 0.3 is 6.09 Å². The van der Waals surface area contributed by atoms with Crippen molar-refractivity contribution >= 4 is 17.0 Å². The van der Waals surface area contributed by atoms with E-state index in [-0.39, 0.29) is 11.9 Å². The first-order chi connectivity index (χ1) is 9.15. The van der Waals surface area contributed by atoms with Crippen LogP contribution in [-0.4, -0.2) is 38.5 Å². The van der Waals surface area contributed by atoms with E-state index < -0.39 is 6.09 Å². The Morgan fingerprint density at radius 1 is 1.53 bits per heavy atom. The Hall–Kier alpha value is -2.11. The van der Waals surface area contributed by atoms with Gasteiger partial charge in [0, 0.05) is 11.9 Å². The molecule has 1 N–H and O–H groups in total. The second kappa shape index (κ2) is 4.53. The molecule has 1 aliphatic heterocycles. The van der Waals surface area contributed by atoms with Crippen molar-refractivity contribution < 1.29 is 14.3 Å². The third-order valence-electron chi connectivity index (χ3n) is 3.61. The normalized spacial score (nSPS) is 19.2. The molecule has 3 rings (SSSR count). The standard InChI is InChI=1S/C13H14FN3O2/c14-10-4-3-9-7-15-17(12(9)6-10)8-11-2-1-5-16(11)13(18)19/h3-4,6-7,11H,1-2,5,8H2,(H,18,19). The fraction of sp³-hybridized carbons (Fsp3) is 0.385. The summed E-state index contributed by atoms with van der Waals surface area (Å²) in [6, 6.07) is 4.43. The lowest BCUT2D eigenvalue weighted by Gasteiger charge is -2.21. The number of benzene rings is 1. The van der Waals surface area contributed by atoms with Crippen molar-refractivity contribution in [2.75, 3.05) is 6.54 Å². The van der Waals surface area contributed by atoms with Gasteiger partial charge in [-0.1, -0.05) is 0 Å². The van der Waals surface area contributed by atoms with Crippen LogP contribution in [0.15, 0.2) is 24.4 Å². The Balaban J connectivity index is 1.89. The molecular formula is C13H14FN3O2. The Morgan fingerprint density at radius 2 is 2.37 bits per heavy atom. The molecule has 0 saturated carbocycles. The summed E-state index contributed by atoms with van der Waals surface area (Å²) in [7, 11) is 0. The molecule has 1 unspecified atom stereocenters. The summed E-state index contributed by atoms with van der Waals surface area (Å²) < 4.78 is 15.0. The zero-order valence-electron chi connectivity index (χ0n) is 10.3. The first-order valence-electron chi connectivity index (χ1n) is 6.26. The quantitative estimate of drug-likeness (QED) is 0.904. The summed E-state index contributed by atoms with van der Waals surface area (Å²) in [6.45, 7) is 1.03. The van der Waals surface area contributed by atoms with Gasteiger partial charge in [-0.15, -0.1) is 0 Å². The molecule has 0 spiro atoms. The van der Waals surface area contributed by atoms with Gasteiger partial charge in [0.25, 0.3) is 0 Å². The van der Waals surface area contributed by atoms with Crippen LogP contribution in [0.4, 0.5) is 9.18 Å². The van der Waals surface area contributed by atoms with E-state index in [0.717, 1.165) is 18.2 Å². The molecule has 100 valence electrons. The minimum Gasteiger partial charge on any atom is -0.465 e. The van der Waals surface area contributed by atoms with Crippen molar-refractivity contribution in [3.8, 4) is 0 Å². The summed E-state index contributed by atoms with van der Waals surface area (Å²) in [4.78, 5) is 12.5. The van der Waals surface area contributed by atoms with E-state index in [2.05, 4.69) is 5.10 Å². The maximum absolute atomic E-state index is 13.3. The minimum atomic E-state index is -0.898. The van der Waals surface area contributed by atoms with E-state index in [1.807, 2.05) is 0 Å². The molecule has 2 aromatic rings. The number of fused-ring (bicyclic) bond motifs is 1. The summed E-state index contributed by atoms with van der Waals surface area (Å²) in [5, 5.41) is 14.2. The van der Waals surface area contributed by atoms with Gasteiger partial charge in [0.1, 0.15) is 5.82 Å². The second-order valence-corrected chi connectivity index (χ2v) is 4.80. The number of likely N-dealkylation sites (tertiary alicyclic amines) is 1. The maximum Gasteiger partial charge on any atom is 0.407 e. The molecule has 0 radical (unpaired) electrons. The van der Waals surface area contributed by atoms with Crippen molar-refractivity contribution in [2.24, 2.45) is 0 Å². The number of hydrogen-bond donors (Lipinski definition) is 1. The minimum absolute atomic E-state index is 0.0798. The molecule has 0 aliphatic carbocycles. The zero-order chi connectivity index (χ0) is 13.4. The molecular weight excluding hydrogens is 249 g/mol. The summed E-state index contributed by atoms with van der Waals surface area (Å²) in [5.41, 5.74) is 0.706. The molecule has 5 nitrogen and oxygen atoms in total. The molecule has 1 aromatic carbocycles. The van der Waals surface area contributed by atoms with Gasteiger partial charge < -0.3 is 10.0 Å². The van der Waals surface area contributed by atoms with Gasteiger partial charge in [-0.05, 0) is 31.0 Å². The topological polar surface area (TPSA) is 58.4 Å². The van der Waals surface area contributed by atoms with Crippen LogP contribution in [-0.2, 0) is 6.54 Å². The van der Waals surface area contributed by atoms with Gasteiger partial charge in [-0.3, -0.25) is 4.68 Å². The van der Waals surface area contributed by atoms with Crippen LogP contribution in [0.5, 0.6) is 0 Å². The fourth-order valence-electron chi connectivity index (χ4n) is 2.67. The number of halogens is 1. The van der Waals surface area contributed by atoms with Crippen LogP contribution in [0.3, 0.4) is 0 Å². The molecule has 19 heavy (non-hydrogen) atoms. The van der Waals surface area contributed by atoms with Crippen LogP contribution in [0.2, 0.25) is 0 Å². The molecule has 1 amide bonds. The predicted molar refractivity (Wildman–Crippen MR) is 67.4 cm³/mol. The highest BCUT2D eigenvalue weighted by molar-refractivity contribution is 5.78. The SMILES string of the molecule is O=C(O)N1CCCC1Cn1ncc2ccc(F)cc21. The highest BCUT2D eigenvalue weighted by Gasteiger charge is 2.29. The molecule has 1 atom stereocenters. The zero-order valence-corrected chi connectivity index (χ0v) is 10.3. The van der Waals surface area contributed by atoms with Crippen molar-refractivity contribution in [1.29, 1.82) is 0 Å². The number of aromatic nitrogens is 2. The van der Waals surface area contributed by atoms with Gasteiger partial charge in [0.05, 0.1) is 24.3 Å². The lowest BCUT2D eigenvalue weighted by molar-refractivity contribution is 0.135. The lowest BCUT2D eigenvalue weighted by Crippen LogP contribution is -2.37. The van der Waals surface area contributed by atoms with E-state index in [0.29, 0.717) is 18.6 Å². The van der Waals surface area contributed by atoms with E-state index in [1.54, 1.807) is 16.9 Å². The van der Waals surface area contributed by atoms with Gasteiger partial charge in [0.2, 0.25) is 0 Å². The smallest absolute Gasteiger partial charge is 0.407 e. The molecule has 1 aromatic heterocycles. The highest BCUT2D eigenvalue weighted by Crippen LogP contribution is 2.21. The summed E-state index contributed by atoms with van der Waals surface area (Å²) in [5.74, 6) is -0.309. The van der Waals surface area contributed by atoms with Crippen molar-refractivity contribution in [3.63, 3.8) is 0 Å².